The highest BCUT2D eigenvalue weighted by atomic mass is 16.5. The summed E-state index contributed by atoms with van der Waals surface area (Å²) >= 11 is 0. The number of hydrogen-bond acceptors (Lipinski definition) is 4. The maximum atomic E-state index is 5.52. The molecule has 5 nitrogen and oxygen atoms in total. The molecule has 0 unspecified atom stereocenters. The molecule has 1 heterocycles. The SMILES string of the molecule is CCCCCOCCCCCC1=NN=N[N]1. The minimum absolute atomic E-state index is 0.754. The number of ether oxygens (including phenoxy) is 1. The first-order chi connectivity index (χ1) is 7.93. The zero-order valence-corrected chi connectivity index (χ0v) is 10.1. The second-order valence-corrected chi connectivity index (χ2v) is 3.93. The topological polar surface area (TPSA) is 60.4 Å². The van der Waals surface area contributed by atoms with Gasteiger partial charge in [0.25, 0.3) is 0 Å². The Morgan fingerprint density at radius 3 is 2.44 bits per heavy atom. The van der Waals surface area contributed by atoms with Gasteiger partial charge in [-0.2, -0.15) is 0 Å². The second kappa shape index (κ2) is 9.27. The van der Waals surface area contributed by atoms with Crippen molar-refractivity contribution in [2.75, 3.05) is 13.2 Å². The van der Waals surface area contributed by atoms with E-state index in [0.717, 1.165) is 44.7 Å². The van der Waals surface area contributed by atoms with E-state index in [1.807, 2.05) is 0 Å². The number of amidine groups is 1. The Kier molecular flexibility index (Phi) is 7.59. The number of rotatable bonds is 10. The quantitative estimate of drug-likeness (QED) is 0.527. The highest BCUT2D eigenvalue weighted by molar-refractivity contribution is 5.81. The molecule has 0 saturated heterocycles. The summed E-state index contributed by atoms with van der Waals surface area (Å²) in [6.07, 6.45) is 7.96. The van der Waals surface area contributed by atoms with E-state index in [-0.39, 0.29) is 0 Å². The smallest absolute Gasteiger partial charge is 0.177 e. The fourth-order valence-corrected chi connectivity index (χ4v) is 1.48. The van der Waals surface area contributed by atoms with Gasteiger partial charge in [0.1, 0.15) is 0 Å². The van der Waals surface area contributed by atoms with Crippen molar-refractivity contribution in [3.8, 4) is 0 Å². The zero-order chi connectivity index (χ0) is 11.5. The van der Waals surface area contributed by atoms with Gasteiger partial charge in [0.2, 0.25) is 0 Å². The molecule has 0 bridgehead atoms. The molecule has 16 heavy (non-hydrogen) atoms. The molecular formula is C11H21N4O. The predicted molar refractivity (Wildman–Crippen MR) is 63.2 cm³/mol. The highest BCUT2D eigenvalue weighted by Crippen LogP contribution is 2.04. The largest absolute Gasteiger partial charge is 0.381 e. The van der Waals surface area contributed by atoms with E-state index < -0.39 is 0 Å². The van der Waals surface area contributed by atoms with Crippen molar-refractivity contribution in [1.82, 2.24) is 5.43 Å². The van der Waals surface area contributed by atoms with Crippen LogP contribution in [0.3, 0.4) is 0 Å². The van der Waals surface area contributed by atoms with Crippen LogP contribution in [0.1, 0.15) is 51.9 Å². The summed E-state index contributed by atoms with van der Waals surface area (Å²) in [4.78, 5) is 0. The van der Waals surface area contributed by atoms with Crippen molar-refractivity contribution >= 4 is 5.84 Å². The van der Waals surface area contributed by atoms with Crippen molar-refractivity contribution in [2.24, 2.45) is 15.5 Å². The maximum absolute atomic E-state index is 5.52. The van der Waals surface area contributed by atoms with Gasteiger partial charge in [0.15, 0.2) is 5.84 Å². The van der Waals surface area contributed by atoms with E-state index in [2.05, 4.69) is 27.9 Å². The molecule has 91 valence electrons. The predicted octanol–water partition coefficient (Wildman–Crippen LogP) is 3.05. The highest BCUT2D eigenvalue weighted by Gasteiger charge is 2.04. The van der Waals surface area contributed by atoms with Crippen LogP contribution in [-0.4, -0.2) is 19.0 Å². The lowest BCUT2D eigenvalue weighted by Crippen LogP contribution is -2.05. The van der Waals surface area contributed by atoms with Crippen LogP contribution in [0.5, 0.6) is 0 Å². The molecule has 0 N–H and O–H groups in total. The van der Waals surface area contributed by atoms with Gasteiger partial charge in [-0.05, 0) is 29.7 Å². The van der Waals surface area contributed by atoms with E-state index in [1.165, 1.54) is 19.3 Å². The third-order valence-corrected chi connectivity index (χ3v) is 2.44. The summed E-state index contributed by atoms with van der Waals surface area (Å²) in [5, 5.41) is 10.7. The number of hydrogen-bond donors (Lipinski definition) is 0. The van der Waals surface area contributed by atoms with Gasteiger partial charge in [-0.15, -0.1) is 10.5 Å². The van der Waals surface area contributed by atoms with Gasteiger partial charge in [0, 0.05) is 19.6 Å². The van der Waals surface area contributed by atoms with Crippen LogP contribution in [-0.2, 0) is 4.74 Å². The molecule has 0 saturated carbocycles. The van der Waals surface area contributed by atoms with Gasteiger partial charge in [0.05, 0.1) is 0 Å². The summed E-state index contributed by atoms with van der Waals surface area (Å²) in [7, 11) is 0. The first kappa shape index (κ1) is 13.1. The minimum Gasteiger partial charge on any atom is -0.381 e. The molecule has 0 amide bonds. The lowest BCUT2D eigenvalue weighted by molar-refractivity contribution is 0.126. The van der Waals surface area contributed by atoms with Crippen LogP contribution < -0.4 is 5.43 Å². The van der Waals surface area contributed by atoms with Crippen LogP contribution in [0.25, 0.3) is 0 Å². The molecule has 0 aromatic carbocycles. The van der Waals surface area contributed by atoms with Gasteiger partial charge >= 0.3 is 0 Å². The van der Waals surface area contributed by atoms with Crippen molar-refractivity contribution in [1.29, 1.82) is 0 Å². The lowest BCUT2D eigenvalue weighted by atomic mass is 10.2. The molecule has 0 fully saturated rings. The first-order valence-electron chi connectivity index (χ1n) is 6.19. The standard InChI is InChI=1S/C11H21N4O/c1-2-3-6-9-16-10-7-4-5-8-11-12-14-15-13-11/h2-10H2,1H3. The van der Waals surface area contributed by atoms with E-state index in [1.54, 1.807) is 0 Å². The van der Waals surface area contributed by atoms with Crippen LogP contribution in [0.15, 0.2) is 15.5 Å². The van der Waals surface area contributed by atoms with Crippen LogP contribution in [0.4, 0.5) is 0 Å². The molecule has 5 heteroatoms. The Hall–Kier alpha value is -0.970. The summed E-state index contributed by atoms with van der Waals surface area (Å²) in [5.41, 5.74) is 3.78. The summed E-state index contributed by atoms with van der Waals surface area (Å²) in [6.45, 7) is 3.99. The molecule has 0 aromatic rings. The average Bonchev–Trinajstić information content (AvgIpc) is 2.80. The normalized spacial score (nSPS) is 13.9. The molecule has 0 atom stereocenters. The van der Waals surface area contributed by atoms with Crippen molar-refractivity contribution in [3.63, 3.8) is 0 Å². The molecule has 0 aromatic heterocycles. The molecule has 0 spiro atoms. The van der Waals surface area contributed by atoms with E-state index in [9.17, 15) is 0 Å². The molecule has 1 aliphatic rings. The van der Waals surface area contributed by atoms with E-state index >= 15 is 0 Å². The van der Waals surface area contributed by atoms with Crippen molar-refractivity contribution < 1.29 is 4.74 Å². The summed E-state index contributed by atoms with van der Waals surface area (Å²) < 4.78 is 5.52. The van der Waals surface area contributed by atoms with Crippen LogP contribution in [0.2, 0.25) is 0 Å². The van der Waals surface area contributed by atoms with Gasteiger partial charge in [-0.25, -0.2) is 0 Å². The number of nitrogens with zero attached hydrogens (tertiary/aromatic N) is 4. The van der Waals surface area contributed by atoms with Gasteiger partial charge in [-0.1, -0.05) is 26.2 Å². The van der Waals surface area contributed by atoms with E-state index in [4.69, 9.17) is 4.74 Å². The van der Waals surface area contributed by atoms with Gasteiger partial charge < -0.3 is 4.74 Å². The summed E-state index contributed by atoms with van der Waals surface area (Å²) in [5.74, 6) is 0.754. The summed E-state index contributed by atoms with van der Waals surface area (Å²) in [6, 6.07) is 0. The lowest BCUT2D eigenvalue weighted by Gasteiger charge is -2.03. The minimum atomic E-state index is 0.754. The maximum Gasteiger partial charge on any atom is 0.177 e. The Balaban J connectivity index is 1.75. The fourth-order valence-electron chi connectivity index (χ4n) is 1.48. The van der Waals surface area contributed by atoms with E-state index in [0.29, 0.717) is 0 Å². The monoisotopic (exact) mass is 225 g/mol. The van der Waals surface area contributed by atoms with Gasteiger partial charge in [-0.3, -0.25) is 0 Å². The first-order valence-corrected chi connectivity index (χ1v) is 6.19. The molecule has 1 radical (unpaired) electrons. The molecular weight excluding hydrogens is 204 g/mol. The Morgan fingerprint density at radius 1 is 0.938 bits per heavy atom. The van der Waals surface area contributed by atoms with Crippen LogP contribution >= 0.6 is 0 Å². The Labute approximate surface area is 97.3 Å². The van der Waals surface area contributed by atoms with Crippen molar-refractivity contribution in [2.45, 2.75) is 51.9 Å². The third-order valence-electron chi connectivity index (χ3n) is 2.44. The number of unbranched alkanes of at least 4 members (excludes halogenated alkanes) is 4. The molecule has 0 aliphatic carbocycles. The Morgan fingerprint density at radius 2 is 1.75 bits per heavy atom. The third kappa shape index (κ3) is 6.50. The Bertz CT molecular complexity index is 228. The molecule has 1 aliphatic heterocycles. The van der Waals surface area contributed by atoms with Crippen LogP contribution in [0, 0.1) is 0 Å². The second-order valence-electron chi connectivity index (χ2n) is 3.93. The zero-order valence-electron chi connectivity index (χ0n) is 10.1. The average molecular weight is 225 g/mol. The molecule has 1 rings (SSSR count). The fraction of sp³-hybridized carbons (Fsp3) is 0.909. The van der Waals surface area contributed by atoms with Crippen molar-refractivity contribution in [3.05, 3.63) is 0 Å².